The Morgan fingerprint density at radius 1 is 1.05 bits per heavy atom. The highest BCUT2D eigenvalue weighted by Crippen LogP contribution is 2.46. The third-order valence-electron chi connectivity index (χ3n) is 6.13. The van der Waals surface area contributed by atoms with E-state index in [1.807, 2.05) is 51.1 Å². The topological polar surface area (TPSA) is 150 Å². The highest BCUT2D eigenvalue weighted by Gasteiger charge is 2.30. The zero-order valence-electron chi connectivity index (χ0n) is 21.2. The summed E-state index contributed by atoms with van der Waals surface area (Å²) in [6.07, 6.45) is 1.36. The summed E-state index contributed by atoms with van der Waals surface area (Å²) in [4.78, 5) is 16.5. The molecule has 4 N–H and O–H groups in total. The van der Waals surface area contributed by atoms with Gasteiger partial charge in [-0.25, -0.2) is 14.5 Å². The maximum absolute atomic E-state index is 13.7. The molecule has 5 aromatic rings. The van der Waals surface area contributed by atoms with Crippen LogP contribution in [0.1, 0.15) is 27.2 Å². The molecule has 3 heterocycles. The minimum absolute atomic E-state index is 0.0657. The van der Waals surface area contributed by atoms with Gasteiger partial charge in [-0.05, 0) is 44.5 Å². The maximum Gasteiger partial charge on any atom is 0.341 e. The van der Waals surface area contributed by atoms with Crippen molar-refractivity contribution in [3.8, 4) is 16.9 Å². The van der Waals surface area contributed by atoms with Crippen LogP contribution in [-0.2, 0) is 9.09 Å². The second-order valence-electron chi connectivity index (χ2n) is 8.95. The summed E-state index contributed by atoms with van der Waals surface area (Å²) in [5.74, 6) is -0.796. The second-order valence-corrected chi connectivity index (χ2v) is 11.1. The van der Waals surface area contributed by atoms with Crippen molar-refractivity contribution in [2.45, 2.75) is 20.8 Å². The minimum Gasteiger partial charge on any atom is -0.477 e. The SMILES string of the molecule is CO[P@@](=O)(Nc1nn(-c2ccc(-c3cc4nc(C)cc(N)n4n3)cc2)cc1C(=O)O)c1ccc(C)cc1C. The van der Waals surface area contributed by atoms with Crippen molar-refractivity contribution in [3.63, 3.8) is 0 Å². The molecule has 0 saturated carbocycles. The molecule has 1 atom stereocenters. The number of nitrogens with zero attached hydrogens (tertiary/aromatic N) is 5. The lowest BCUT2D eigenvalue weighted by molar-refractivity contribution is 0.0698. The van der Waals surface area contributed by atoms with Gasteiger partial charge in [0, 0.05) is 36.7 Å². The number of benzene rings is 2. The fraction of sp³-hybridized carbons (Fsp3) is 0.154. The van der Waals surface area contributed by atoms with Gasteiger partial charge < -0.3 is 15.4 Å². The molecule has 0 amide bonds. The van der Waals surface area contributed by atoms with E-state index in [1.165, 1.54) is 18.0 Å². The fourth-order valence-electron chi connectivity index (χ4n) is 4.28. The Balaban J connectivity index is 1.48. The quantitative estimate of drug-likeness (QED) is 0.260. The fourth-order valence-corrected chi connectivity index (χ4v) is 5.93. The summed E-state index contributed by atoms with van der Waals surface area (Å²) in [5, 5.41) is 22.0. The first-order chi connectivity index (χ1) is 18.1. The molecule has 194 valence electrons. The van der Waals surface area contributed by atoms with Gasteiger partial charge in [-0.1, -0.05) is 29.8 Å². The lowest BCUT2D eigenvalue weighted by Gasteiger charge is -2.20. The molecule has 0 spiro atoms. The van der Waals surface area contributed by atoms with Crippen LogP contribution in [0.4, 0.5) is 11.6 Å². The summed E-state index contributed by atoms with van der Waals surface area (Å²) in [6, 6.07) is 16.2. The number of hydrogen-bond acceptors (Lipinski definition) is 7. The first kappa shape index (κ1) is 25.2. The van der Waals surface area contributed by atoms with E-state index in [0.717, 1.165) is 22.4 Å². The van der Waals surface area contributed by atoms with Crippen LogP contribution in [-0.4, -0.2) is 42.6 Å². The van der Waals surface area contributed by atoms with E-state index in [2.05, 4.69) is 20.3 Å². The first-order valence-corrected chi connectivity index (χ1v) is 13.3. The number of nitrogens with two attached hydrogens (primary N) is 1. The van der Waals surface area contributed by atoms with E-state index in [9.17, 15) is 14.5 Å². The van der Waals surface area contributed by atoms with Gasteiger partial charge in [-0.15, -0.1) is 5.10 Å². The number of carbonyl (C=O) groups is 1. The largest absolute Gasteiger partial charge is 0.477 e. The van der Waals surface area contributed by atoms with E-state index in [0.29, 0.717) is 28.2 Å². The van der Waals surface area contributed by atoms with Crippen LogP contribution < -0.4 is 16.1 Å². The van der Waals surface area contributed by atoms with Gasteiger partial charge in [-0.2, -0.15) is 9.61 Å². The van der Waals surface area contributed by atoms with Gasteiger partial charge in [0.2, 0.25) is 0 Å². The Morgan fingerprint density at radius 2 is 1.79 bits per heavy atom. The molecule has 2 aromatic carbocycles. The standard InChI is InChI=1S/C26H26N7O4P/c1-15-5-10-22(16(2)11-15)38(36,37-4)31-25-20(26(34)35)14-32(30-25)19-8-6-18(7-9-19)21-13-24-28-17(3)12-23(27)33(24)29-21/h5-14H,27H2,1-4H3,(H,34,35)(H,30,31,36)/t38-/m1/s1. The Morgan fingerprint density at radius 3 is 2.45 bits per heavy atom. The molecular weight excluding hydrogens is 505 g/mol. The molecule has 12 heteroatoms. The molecule has 0 bridgehead atoms. The van der Waals surface area contributed by atoms with Crippen molar-refractivity contribution in [1.82, 2.24) is 24.4 Å². The zero-order valence-corrected chi connectivity index (χ0v) is 22.1. The van der Waals surface area contributed by atoms with E-state index in [1.54, 1.807) is 28.8 Å². The van der Waals surface area contributed by atoms with Gasteiger partial charge in [-0.3, -0.25) is 9.65 Å². The molecular formula is C26H26N7O4P. The number of rotatable bonds is 7. The third kappa shape index (κ3) is 4.53. The number of nitrogens with one attached hydrogen (secondary N) is 1. The molecule has 0 radical (unpaired) electrons. The lowest BCUT2D eigenvalue weighted by Crippen LogP contribution is -2.17. The highest BCUT2D eigenvalue weighted by atomic mass is 31.2. The molecule has 0 aliphatic heterocycles. The van der Waals surface area contributed by atoms with Crippen LogP contribution in [0.3, 0.4) is 0 Å². The Kier molecular flexibility index (Phi) is 6.26. The number of fused-ring (bicyclic) bond motifs is 1. The van der Waals surface area contributed by atoms with E-state index >= 15 is 0 Å². The van der Waals surface area contributed by atoms with Crippen LogP contribution in [0.2, 0.25) is 0 Å². The monoisotopic (exact) mass is 531 g/mol. The van der Waals surface area contributed by atoms with Crippen molar-refractivity contribution in [2.24, 2.45) is 0 Å². The molecule has 3 aromatic heterocycles. The predicted molar refractivity (Wildman–Crippen MR) is 145 cm³/mol. The van der Waals surface area contributed by atoms with E-state index in [-0.39, 0.29) is 11.4 Å². The van der Waals surface area contributed by atoms with E-state index < -0.39 is 13.5 Å². The molecule has 11 nitrogen and oxygen atoms in total. The lowest BCUT2D eigenvalue weighted by atomic mass is 10.1. The van der Waals surface area contributed by atoms with Gasteiger partial charge in [0.05, 0.1) is 16.7 Å². The van der Waals surface area contributed by atoms with Crippen molar-refractivity contribution < 1.29 is 19.0 Å². The smallest absolute Gasteiger partial charge is 0.341 e. The van der Waals surface area contributed by atoms with Crippen molar-refractivity contribution in [1.29, 1.82) is 0 Å². The third-order valence-corrected chi connectivity index (χ3v) is 8.29. The molecule has 0 fully saturated rings. The van der Waals surface area contributed by atoms with Gasteiger partial charge in [0.1, 0.15) is 11.4 Å². The van der Waals surface area contributed by atoms with Crippen molar-refractivity contribution in [3.05, 3.63) is 83.2 Å². The Hall–Kier alpha value is -4.47. The van der Waals surface area contributed by atoms with Crippen LogP contribution in [0.25, 0.3) is 22.6 Å². The summed E-state index contributed by atoms with van der Waals surface area (Å²) in [6.45, 7) is 5.62. The Bertz CT molecular complexity index is 1740. The van der Waals surface area contributed by atoms with Gasteiger partial charge in [0.15, 0.2) is 11.5 Å². The van der Waals surface area contributed by atoms with E-state index in [4.69, 9.17) is 10.3 Å². The van der Waals surface area contributed by atoms with Crippen molar-refractivity contribution in [2.75, 3.05) is 17.9 Å². The average Bonchev–Trinajstić information content (AvgIpc) is 3.49. The number of aryl methyl sites for hydroxylation is 3. The molecule has 38 heavy (non-hydrogen) atoms. The van der Waals surface area contributed by atoms with Crippen LogP contribution in [0.15, 0.2) is 60.8 Å². The van der Waals surface area contributed by atoms with Crippen LogP contribution >= 0.6 is 7.52 Å². The first-order valence-electron chi connectivity index (χ1n) is 11.7. The molecule has 0 aliphatic rings. The number of anilines is 2. The number of carboxylic acids is 1. The van der Waals surface area contributed by atoms with Gasteiger partial charge in [0.25, 0.3) is 0 Å². The summed E-state index contributed by atoms with van der Waals surface area (Å²) in [7, 11) is -2.35. The summed E-state index contributed by atoms with van der Waals surface area (Å²) < 4.78 is 22.1. The zero-order chi connectivity index (χ0) is 27.2. The average molecular weight is 532 g/mol. The number of carboxylic acid groups (broad SMARTS) is 1. The normalized spacial score (nSPS) is 12.9. The Labute approximate surface area is 218 Å². The van der Waals surface area contributed by atoms with Gasteiger partial charge >= 0.3 is 13.5 Å². The number of aromatic nitrogens is 5. The summed E-state index contributed by atoms with van der Waals surface area (Å²) in [5.41, 5.74) is 11.2. The van der Waals surface area contributed by atoms with Crippen LogP contribution in [0.5, 0.6) is 0 Å². The second kappa shape index (κ2) is 9.44. The number of hydrogen-bond donors (Lipinski definition) is 3. The summed E-state index contributed by atoms with van der Waals surface area (Å²) >= 11 is 0. The molecule has 0 unspecified atom stereocenters. The number of nitrogen functional groups attached to an aromatic ring is 1. The van der Waals surface area contributed by atoms with Crippen molar-refractivity contribution >= 4 is 36.1 Å². The molecule has 0 aliphatic carbocycles. The predicted octanol–water partition coefficient (Wildman–Crippen LogP) is 4.36. The maximum atomic E-state index is 13.7. The van der Waals surface area contributed by atoms with Crippen LogP contribution in [0, 0.1) is 20.8 Å². The highest BCUT2D eigenvalue weighted by molar-refractivity contribution is 7.68. The molecule has 5 rings (SSSR count). The molecule has 0 saturated heterocycles. The minimum atomic E-state index is -3.66. The number of aromatic carboxylic acids is 1.